The summed E-state index contributed by atoms with van der Waals surface area (Å²) in [5.41, 5.74) is 5.97. The molecule has 0 heterocycles. The molecule has 1 rings (SSSR count). The third-order valence-electron chi connectivity index (χ3n) is 7.03. The number of alkyl carbamates (subject to hydrolysis) is 1. The van der Waals surface area contributed by atoms with E-state index in [4.69, 9.17) is 19.9 Å². The molecule has 0 fully saturated rings. The minimum atomic E-state index is -0.824. The predicted octanol–water partition coefficient (Wildman–Crippen LogP) is 4.76. The first-order chi connectivity index (χ1) is 21.1. The number of rotatable bonds is 20. The average Bonchev–Trinajstić information content (AvgIpc) is 2.95. The van der Waals surface area contributed by atoms with Crippen molar-refractivity contribution in [2.75, 3.05) is 33.9 Å². The molecule has 4 amide bonds. The molecule has 4 N–H and O–H groups in total. The van der Waals surface area contributed by atoms with Gasteiger partial charge < -0.3 is 35.5 Å². The fourth-order valence-electron chi connectivity index (χ4n) is 4.58. The number of carbonyl (C=O) groups excluding carboxylic acids is 5. The second-order valence-corrected chi connectivity index (χ2v) is 12.7. The number of urea groups is 1. The van der Waals surface area contributed by atoms with Gasteiger partial charge in [-0.15, -0.1) is 0 Å². The summed E-state index contributed by atoms with van der Waals surface area (Å²) in [7, 11) is 3.37. The Hall–Kier alpha value is -3.67. The van der Waals surface area contributed by atoms with Crippen LogP contribution in [0.5, 0.6) is 0 Å². The number of methoxy groups -OCH3 is 1. The lowest BCUT2D eigenvalue weighted by Gasteiger charge is -2.26. The van der Waals surface area contributed by atoms with Crippen molar-refractivity contribution in [1.29, 1.82) is 0 Å². The zero-order chi connectivity index (χ0) is 34.0. The molecule has 12 nitrogen and oxygen atoms in total. The largest absolute Gasteiger partial charge is 0.445 e. The Kier molecular flexibility index (Phi) is 17.8. The van der Waals surface area contributed by atoms with E-state index in [1.165, 1.54) is 0 Å². The number of nitrogens with zero attached hydrogens (tertiary/aromatic N) is 1. The number of Topliss-reactive ketones (excluding diaryl/α,β-unsaturated/α-hetero) is 2. The number of nitrogens with one attached hydrogen (secondary N) is 2. The highest BCUT2D eigenvalue weighted by Crippen LogP contribution is 2.20. The Morgan fingerprint density at radius 2 is 1.58 bits per heavy atom. The van der Waals surface area contributed by atoms with Crippen molar-refractivity contribution in [3.63, 3.8) is 0 Å². The van der Waals surface area contributed by atoms with E-state index in [1.807, 2.05) is 13.8 Å². The maximum Gasteiger partial charge on any atom is 0.409 e. The number of ether oxygens (including phenoxy) is 3. The van der Waals surface area contributed by atoms with Gasteiger partial charge >= 0.3 is 18.2 Å². The molecule has 0 aromatic heterocycles. The molecule has 0 saturated heterocycles. The topological polar surface area (TPSA) is 166 Å². The van der Waals surface area contributed by atoms with Gasteiger partial charge in [0.25, 0.3) is 0 Å². The first-order valence-electron chi connectivity index (χ1n) is 15.7. The van der Waals surface area contributed by atoms with E-state index in [-0.39, 0.29) is 43.5 Å². The molecule has 0 radical (unpaired) electrons. The van der Waals surface area contributed by atoms with Crippen LogP contribution in [0.25, 0.3) is 0 Å². The predicted molar refractivity (Wildman–Crippen MR) is 172 cm³/mol. The molecule has 0 aliphatic carbocycles. The number of primary amides is 1. The minimum absolute atomic E-state index is 0.0675. The third kappa shape index (κ3) is 17.4. The van der Waals surface area contributed by atoms with E-state index < -0.39 is 35.8 Å². The van der Waals surface area contributed by atoms with E-state index in [0.717, 1.165) is 30.4 Å². The van der Waals surface area contributed by atoms with Crippen LogP contribution in [-0.2, 0) is 36.8 Å². The fraction of sp³-hybridized carbons (Fsp3) is 0.667. The van der Waals surface area contributed by atoms with Crippen molar-refractivity contribution in [3.8, 4) is 0 Å². The summed E-state index contributed by atoms with van der Waals surface area (Å²) in [4.78, 5) is 64.1. The van der Waals surface area contributed by atoms with Crippen LogP contribution in [0.15, 0.2) is 24.3 Å². The SMILES string of the molecule is COCCCCCN(C)C(=O)OCc1ccc(CC(=O)[C@H](CCCNC(N)=O)CC(=O)[C@@H](NC(=O)OC(C)(C)C)C(C)C)cc1. The van der Waals surface area contributed by atoms with Gasteiger partial charge in [-0.2, -0.15) is 0 Å². The standard InChI is InChI=1S/C33H54N4O8/c1-23(2)29(36-31(41)45-33(3,4)5)28(39)21-26(12-11-17-35-30(34)40)27(38)20-24-13-15-25(16-14-24)22-44-32(42)37(6)18-9-8-10-19-43-7/h13-16,23,26,29H,8-12,17-22H2,1-7H3,(H,36,41)(H3,34,35,40)/t26-,29+/m1/s1. The van der Waals surface area contributed by atoms with Crippen molar-refractivity contribution in [1.82, 2.24) is 15.5 Å². The molecular formula is C33H54N4O8. The van der Waals surface area contributed by atoms with Crippen molar-refractivity contribution >= 4 is 29.8 Å². The molecule has 0 saturated carbocycles. The fourth-order valence-corrected chi connectivity index (χ4v) is 4.58. The van der Waals surface area contributed by atoms with Gasteiger partial charge in [0.2, 0.25) is 0 Å². The van der Waals surface area contributed by atoms with Gasteiger partial charge in [0.05, 0.1) is 6.04 Å². The van der Waals surface area contributed by atoms with Crippen LogP contribution in [0.4, 0.5) is 14.4 Å². The quantitative estimate of drug-likeness (QED) is 0.173. The number of benzene rings is 1. The molecule has 0 aliphatic rings. The molecule has 12 heteroatoms. The van der Waals surface area contributed by atoms with E-state index >= 15 is 0 Å². The lowest BCUT2D eigenvalue weighted by atomic mass is 9.85. The van der Waals surface area contributed by atoms with Gasteiger partial charge in [-0.1, -0.05) is 38.1 Å². The lowest BCUT2D eigenvalue weighted by molar-refractivity contribution is -0.129. The van der Waals surface area contributed by atoms with Crippen LogP contribution in [-0.4, -0.2) is 80.2 Å². The molecular weight excluding hydrogens is 580 g/mol. The smallest absolute Gasteiger partial charge is 0.409 e. The normalized spacial score (nSPS) is 12.6. The summed E-state index contributed by atoms with van der Waals surface area (Å²) in [6, 6.07) is 5.72. The van der Waals surface area contributed by atoms with Crippen LogP contribution in [0.2, 0.25) is 0 Å². The summed E-state index contributed by atoms with van der Waals surface area (Å²) in [5.74, 6) is -1.25. The summed E-state index contributed by atoms with van der Waals surface area (Å²) in [6.45, 7) is 10.5. The summed E-state index contributed by atoms with van der Waals surface area (Å²) in [6.07, 6.45) is 2.51. The monoisotopic (exact) mass is 634 g/mol. The van der Waals surface area contributed by atoms with Crippen LogP contribution in [0.3, 0.4) is 0 Å². The number of nitrogens with two attached hydrogens (primary N) is 1. The third-order valence-corrected chi connectivity index (χ3v) is 7.03. The summed E-state index contributed by atoms with van der Waals surface area (Å²) >= 11 is 0. The van der Waals surface area contributed by atoms with Gasteiger partial charge in [0.15, 0.2) is 5.78 Å². The lowest BCUT2D eigenvalue weighted by Crippen LogP contribution is -2.47. The summed E-state index contributed by atoms with van der Waals surface area (Å²) < 4.78 is 15.8. The van der Waals surface area contributed by atoms with Gasteiger partial charge in [0, 0.05) is 52.6 Å². The Labute approximate surface area is 268 Å². The molecule has 45 heavy (non-hydrogen) atoms. The van der Waals surface area contributed by atoms with Gasteiger partial charge in [-0.25, -0.2) is 14.4 Å². The highest BCUT2D eigenvalue weighted by atomic mass is 16.6. The first-order valence-corrected chi connectivity index (χ1v) is 15.7. The van der Waals surface area contributed by atoms with Crippen molar-refractivity contribution in [3.05, 3.63) is 35.4 Å². The molecule has 1 aromatic rings. The zero-order valence-electron chi connectivity index (χ0n) is 28.1. The highest BCUT2D eigenvalue weighted by molar-refractivity contribution is 5.93. The second kappa shape index (κ2) is 20.4. The molecule has 0 spiro atoms. The van der Waals surface area contributed by atoms with Gasteiger partial charge in [-0.05, 0) is 69.9 Å². The Morgan fingerprint density at radius 1 is 0.933 bits per heavy atom. The maximum absolute atomic E-state index is 13.4. The van der Waals surface area contributed by atoms with Gasteiger partial charge in [0.1, 0.15) is 18.0 Å². The number of unbranched alkanes of at least 4 members (excludes halogenated alkanes) is 2. The highest BCUT2D eigenvalue weighted by Gasteiger charge is 2.30. The van der Waals surface area contributed by atoms with E-state index in [0.29, 0.717) is 26.0 Å². The first kappa shape index (κ1) is 39.4. The molecule has 0 unspecified atom stereocenters. The van der Waals surface area contributed by atoms with Crippen LogP contribution >= 0.6 is 0 Å². The Bertz CT molecular complexity index is 1090. The molecule has 1 aromatic carbocycles. The van der Waals surface area contributed by atoms with E-state index in [9.17, 15) is 24.0 Å². The van der Waals surface area contributed by atoms with Gasteiger partial charge in [-0.3, -0.25) is 9.59 Å². The second-order valence-electron chi connectivity index (χ2n) is 12.7. The van der Waals surface area contributed by atoms with Crippen LogP contribution in [0.1, 0.15) is 84.3 Å². The van der Waals surface area contributed by atoms with Crippen molar-refractivity contribution in [2.45, 2.75) is 97.8 Å². The van der Waals surface area contributed by atoms with Crippen molar-refractivity contribution in [2.24, 2.45) is 17.6 Å². The van der Waals surface area contributed by atoms with E-state index in [1.54, 1.807) is 64.1 Å². The Morgan fingerprint density at radius 3 is 2.16 bits per heavy atom. The molecule has 254 valence electrons. The van der Waals surface area contributed by atoms with E-state index in [2.05, 4.69) is 10.6 Å². The number of hydrogen-bond donors (Lipinski definition) is 3. The number of hydrogen-bond acceptors (Lipinski definition) is 8. The maximum atomic E-state index is 13.4. The van der Waals surface area contributed by atoms with Crippen molar-refractivity contribution < 1.29 is 38.2 Å². The molecule has 0 aliphatic heterocycles. The zero-order valence-corrected chi connectivity index (χ0v) is 28.1. The minimum Gasteiger partial charge on any atom is -0.445 e. The number of ketones is 2. The van der Waals surface area contributed by atoms with Crippen LogP contribution < -0.4 is 16.4 Å². The summed E-state index contributed by atoms with van der Waals surface area (Å²) in [5, 5.41) is 5.17. The molecule has 0 bridgehead atoms. The average molecular weight is 635 g/mol. The number of amides is 4. The molecule has 2 atom stereocenters. The Balaban J connectivity index is 2.82. The van der Waals surface area contributed by atoms with Crippen LogP contribution in [0, 0.1) is 11.8 Å². The number of carbonyl (C=O) groups is 5.